The number of likely N-dealkylation sites (tertiary alicyclic amines) is 1. The van der Waals surface area contributed by atoms with E-state index in [0.29, 0.717) is 10.6 Å². The number of nitrogens with zero attached hydrogens (tertiary/aromatic N) is 4. The number of alkyl halides is 3. The topological polar surface area (TPSA) is 117 Å². The second-order valence-electron chi connectivity index (χ2n) is 11.2. The summed E-state index contributed by atoms with van der Waals surface area (Å²) in [5, 5.41) is 15.5. The van der Waals surface area contributed by atoms with Gasteiger partial charge in [-0.3, -0.25) is 19.5 Å². The number of thiazole rings is 1. The molecule has 5 rings (SSSR count). The molecule has 2 saturated heterocycles. The van der Waals surface area contributed by atoms with Crippen LogP contribution >= 0.6 is 22.9 Å². The van der Waals surface area contributed by atoms with Crippen LogP contribution in [0.4, 0.5) is 17.6 Å². The number of benzene rings is 1. The predicted octanol–water partition coefficient (Wildman–Crippen LogP) is 4.23. The first kappa shape index (κ1) is 32.3. The van der Waals surface area contributed by atoms with Gasteiger partial charge in [-0.15, -0.1) is 11.3 Å². The third-order valence-electron chi connectivity index (χ3n) is 7.95. The van der Waals surface area contributed by atoms with Crippen LogP contribution in [-0.2, 0) is 19.2 Å². The van der Waals surface area contributed by atoms with Crippen LogP contribution in [0.3, 0.4) is 0 Å². The number of ether oxygens (including phenoxy) is 1. The summed E-state index contributed by atoms with van der Waals surface area (Å²) < 4.78 is 65.4. The number of hydrogen-bond acceptors (Lipinski definition) is 10. The lowest BCUT2D eigenvalue weighted by atomic mass is 9.87. The summed E-state index contributed by atoms with van der Waals surface area (Å²) in [5.41, 5.74) is -1.35. The molecule has 0 amide bonds. The zero-order valence-corrected chi connectivity index (χ0v) is 25.5. The van der Waals surface area contributed by atoms with Gasteiger partial charge in [-0.05, 0) is 32.9 Å². The minimum absolute atomic E-state index is 0.00189. The smallest absolute Gasteiger partial charge is 0.338 e. The van der Waals surface area contributed by atoms with Crippen LogP contribution in [0.5, 0.6) is 0 Å². The Morgan fingerprint density at radius 1 is 1.36 bits per heavy atom. The maximum absolute atomic E-state index is 15.6. The highest BCUT2D eigenvalue weighted by molar-refractivity contribution is 7.11. The van der Waals surface area contributed by atoms with Crippen molar-refractivity contribution in [2.45, 2.75) is 51.0 Å². The van der Waals surface area contributed by atoms with Gasteiger partial charge in [-0.2, -0.15) is 5.06 Å². The standard InChI is InChI=1S/C28H30ClF4N5O5S/c1-4-42-25(39)20-17(35-23(24-34-7-8-44-24)36-21(20)15-6-5-14(30)9-16(15)29)10-37-13-28(32,33)22-18(37)12-43-38(22)11-19(31)27(2,3)26(40)41/h5-9,18-19,21-22H,4,10-13H2,1-3H3,(H,35,36)(H,40,41)/t18-,19+,21-,22+/m0/s1. The van der Waals surface area contributed by atoms with Crippen molar-refractivity contribution in [2.75, 3.05) is 32.8 Å². The zero-order valence-electron chi connectivity index (χ0n) is 23.9. The fourth-order valence-corrected chi connectivity index (χ4v) is 6.30. The van der Waals surface area contributed by atoms with Gasteiger partial charge in [0.2, 0.25) is 0 Å². The van der Waals surface area contributed by atoms with E-state index in [0.717, 1.165) is 11.1 Å². The Morgan fingerprint density at radius 2 is 2.11 bits per heavy atom. The molecule has 0 radical (unpaired) electrons. The molecule has 0 saturated carbocycles. The van der Waals surface area contributed by atoms with E-state index in [-0.39, 0.29) is 41.9 Å². The van der Waals surface area contributed by atoms with Gasteiger partial charge in [-0.25, -0.2) is 27.3 Å². The highest BCUT2D eigenvalue weighted by Gasteiger charge is 2.61. The molecule has 16 heteroatoms. The lowest BCUT2D eigenvalue weighted by Crippen LogP contribution is -2.50. The van der Waals surface area contributed by atoms with Crippen LogP contribution in [0, 0.1) is 11.2 Å². The van der Waals surface area contributed by atoms with Gasteiger partial charge >= 0.3 is 11.9 Å². The largest absolute Gasteiger partial charge is 0.481 e. The van der Waals surface area contributed by atoms with E-state index in [1.165, 1.54) is 42.2 Å². The fourth-order valence-electron chi connectivity index (χ4n) is 5.44. The van der Waals surface area contributed by atoms with Gasteiger partial charge < -0.3 is 15.2 Å². The molecule has 0 aliphatic carbocycles. The van der Waals surface area contributed by atoms with Crippen LogP contribution in [-0.4, -0.2) is 94.9 Å². The Labute approximate surface area is 259 Å². The van der Waals surface area contributed by atoms with E-state index in [4.69, 9.17) is 21.2 Å². The summed E-state index contributed by atoms with van der Waals surface area (Å²) in [6.07, 6.45) is -0.450. The molecule has 3 aliphatic rings. The van der Waals surface area contributed by atoms with Crippen LogP contribution in [0.15, 0.2) is 46.0 Å². The molecule has 0 unspecified atom stereocenters. The molecule has 2 N–H and O–H groups in total. The number of fused-ring (bicyclic) bond motifs is 1. The number of halogens is 5. The number of hydroxylamine groups is 2. The van der Waals surface area contributed by atoms with Gasteiger partial charge in [0.05, 0.1) is 43.3 Å². The molecule has 44 heavy (non-hydrogen) atoms. The van der Waals surface area contributed by atoms with E-state index < -0.39 is 66.5 Å². The molecular formula is C28H30ClF4N5O5S. The third-order valence-corrected chi connectivity index (χ3v) is 9.06. The SMILES string of the molecule is CCOC(=O)C1=C(CN2CC(F)(F)[C@H]3[C@@H]2CON3C[C@@H](F)C(C)(C)C(=O)O)NC(c2nccs2)=N[C@H]1c1ccc(F)cc1Cl. The van der Waals surface area contributed by atoms with Crippen molar-refractivity contribution in [3.8, 4) is 0 Å². The molecular weight excluding hydrogens is 630 g/mol. The van der Waals surface area contributed by atoms with Gasteiger partial charge in [0.15, 0.2) is 10.8 Å². The first-order valence-electron chi connectivity index (χ1n) is 13.7. The lowest BCUT2D eigenvalue weighted by molar-refractivity contribution is -0.196. The number of esters is 1. The first-order chi connectivity index (χ1) is 20.7. The molecule has 4 atom stereocenters. The van der Waals surface area contributed by atoms with E-state index in [2.05, 4.69) is 15.3 Å². The highest BCUT2D eigenvalue weighted by atomic mass is 35.5. The van der Waals surface area contributed by atoms with Crippen molar-refractivity contribution in [3.05, 3.63) is 62.5 Å². The Morgan fingerprint density at radius 3 is 2.75 bits per heavy atom. The number of aliphatic carboxylic acids is 1. The summed E-state index contributed by atoms with van der Waals surface area (Å²) >= 11 is 7.65. The summed E-state index contributed by atoms with van der Waals surface area (Å²) in [4.78, 5) is 40.8. The number of carboxylic acid groups (broad SMARTS) is 1. The van der Waals surface area contributed by atoms with Gasteiger partial charge in [0.1, 0.15) is 24.1 Å². The summed E-state index contributed by atoms with van der Waals surface area (Å²) in [5.74, 6) is -5.91. The number of aliphatic imine (C=N–C) groups is 1. The second-order valence-corrected chi connectivity index (χ2v) is 12.5. The van der Waals surface area contributed by atoms with Crippen LogP contribution in [0.1, 0.15) is 37.4 Å². The van der Waals surface area contributed by atoms with Gasteiger partial charge in [0.25, 0.3) is 5.92 Å². The minimum atomic E-state index is -3.38. The fraction of sp³-hybridized carbons (Fsp3) is 0.500. The van der Waals surface area contributed by atoms with Crippen molar-refractivity contribution < 1.29 is 41.8 Å². The normalized spacial score (nSPS) is 24.5. The third kappa shape index (κ3) is 6.07. The van der Waals surface area contributed by atoms with Crippen LogP contribution < -0.4 is 5.32 Å². The van der Waals surface area contributed by atoms with E-state index >= 15 is 13.2 Å². The molecule has 0 spiro atoms. The van der Waals surface area contributed by atoms with Crippen molar-refractivity contribution in [3.63, 3.8) is 0 Å². The van der Waals surface area contributed by atoms with Crippen molar-refractivity contribution in [2.24, 2.45) is 10.4 Å². The molecule has 10 nitrogen and oxygen atoms in total. The number of hydrogen-bond donors (Lipinski definition) is 2. The zero-order chi connectivity index (χ0) is 32.0. The molecule has 2 fully saturated rings. The number of rotatable bonds is 10. The van der Waals surface area contributed by atoms with E-state index in [1.54, 1.807) is 18.5 Å². The number of amidine groups is 1. The Bertz CT molecular complexity index is 1490. The Balaban J connectivity index is 1.51. The van der Waals surface area contributed by atoms with Crippen molar-refractivity contribution in [1.29, 1.82) is 0 Å². The first-order valence-corrected chi connectivity index (χ1v) is 15.0. The van der Waals surface area contributed by atoms with Crippen LogP contribution in [0.2, 0.25) is 5.02 Å². The number of nitrogens with one attached hydrogen (secondary N) is 1. The molecule has 3 aliphatic heterocycles. The van der Waals surface area contributed by atoms with Crippen LogP contribution in [0.25, 0.3) is 0 Å². The number of carboxylic acids is 1. The minimum Gasteiger partial charge on any atom is -0.481 e. The van der Waals surface area contributed by atoms with E-state index in [9.17, 15) is 19.1 Å². The van der Waals surface area contributed by atoms with Gasteiger partial charge in [-0.1, -0.05) is 17.7 Å². The lowest BCUT2D eigenvalue weighted by Gasteiger charge is -2.31. The Kier molecular flexibility index (Phi) is 9.06. The molecule has 1 aromatic carbocycles. The predicted molar refractivity (Wildman–Crippen MR) is 153 cm³/mol. The summed E-state index contributed by atoms with van der Waals surface area (Å²) in [6.45, 7) is 2.10. The summed E-state index contributed by atoms with van der Waals surface area (Å²) in [6, 6.07) is 0.0533. The van der Waals surface area contributed by atoms with E-state index in [1.807, 2.05) is 0 Å². The number of carbonyl (C=O) groups excluding carboxylic acids is 1. The average Bonchev–Trinajstić information content (AvgIpc) is 3.68. The second kappa shape index (κ2) is 12.4. The average molecular weight is 660 g/mol. The molecule has 4 heterocycles. The number of aromatic nitrogens is 1. The molecule has 0 bridgehead atoms. The molecule has 2 aromatic rings. The summed E-state index contributed by atoms with van der Waals surface area (Å²) in [7, 11) is 0. The maximum Gasteiger partial charge on any atom is 0.338 e. The quantitative estimate of drug-likeness (QED) is 0.286. The monoisotopic (exact) mass is 659 g/mol. The van der Waals surface area contributed by atoms with Crippen molar-refractivity contribution >= 4 is 40.7 Å². The maximum atomic E-state index is 15.6. The molecule has 1 aromatic heterocycles. The Hall–Kier alpha value is -3.11. The highest BCUT2D eigenvalue weighted by Crippen LogP contribution is 2.43. The number of carbonyl (C=O) groups is 2. The van der Waals surface area contributed by atoms with Crippen molar-refractivity contribution in [1.82, 2.24) is 20.3 Å². The molecule has 238 valence electrons. The van der Waals surface area contributed by atoms with Gasteiger partial charge in [0, 0.05) is 34.4 Å².